The number of hydrogen-bond acceptors (Lipinski definition) is 2. The Morgan fingerprint density at radius 1 is 1.00 bits per heavy atom. The van der Waals surface area contributed by atoms with Crippen molar-refractivity contribution in [2.24, 2.45) is 0 Å². The number of carboxylic acid groups (broad SMARTS) is 1. The van der Waals surface area contributed by atoms with Gasteiger partial charge in [0.25, 0.3) is 5.91 Å². The highest BCUT2D eigenvalue weighted by molar-refractivity contribution is 6.40. The van der Waals surface area contributed by atoms with Gasteiger partial charge in [-0.2, -0.15) is 0 Å². The van der Waals surface area contributed by atoms with Crippen molar-refractivity contribution >= 4 is 40.8 Å². The quantitative estimate of drug-likeness (QED) is 0.892. The maximum Gasteiger partial charge on any atom is 0.335 e. The SMILES string of the molecule is O=C(O)c1ccc(C(=O)Nc2c(Cl)cc(F)cc2Cl)cc1. The number of carboxylic acids is 1. The summed E-state index contributed by atoms with van der Waals surface area (Å²) in [7, 11) is 0. The Morgan fingerprint density at radius 2 is 1.48 bits per heavy atom. The first kappa shape index (κ1) is 15.3. The molecule has 0 aliphatic carbocycles. The van der Waals surface area contributed by atoms with Gasteiger partial charge in [0.1, 0.15) is 5.82 Å². The summed E-state index contributed by atoms with van der Waals surface area (Å²) in [6.07, 6.45) is 0. The van der Waals surface area contributed by atoms with Crippen molar-refractivity contribution in [3.05, 3.63) is 63.4 Å². The summed E-state index contributed by atoms with van der Waals surface area (Å²) in [6.45, 7) is 0. The Kier molecular flexibility index (Phi) is 4.45. The van der Waals surface area contributed by atoms with E-state index in [-0.39, 0.29) is 26.9 Å². The van der Waals surface area contributed by atoms with Crippen molar-refractivity contribution in [3.63, 3.8) is 0 Å². The van der Waals surface area contributed by atoms with Gasteiger partial charge in [-0.1, -0.05) is 23.2 Å². The van der Waals surface area contributed by atoms with E-state index in [0.29, 0.717) is 0 Å². The molecule has 0 atom stereocenters. The third-order valence-electron chi connectivity index (χ3n) is 2.64. The smallest absolute Gasteiger partial charge is 0.335 e. The predicted molar refractivity (Wildman–Crippen MR) is 77.8 cm³/mol. The molecule has 108 valence electrons. The second-order valence-corrected chi connectivity index (χ2v) is 4.90. The largest absolute Gasteiger partial charge is 0.478 e. The van der Waals surface area contributed by atoms with Crippen LogP contribution < -0.4 is 5.32 Å². The van der Waals surface area contributed by atoms with Crippen molar-refractivity contribution in [2.75, 3.05) is 5.32 Å². The van der Waals surface area contributed by atoms with Crippen molar-refractivity contribution < 1.29 is 19.1 Å². The van der Waals surface area contributed by atoms with Gasteiger partial charge in [0.05, 0.1) is 21.3 Å². The highest BCUT2D eigenvalue weighted by Gasteiger charge is 2.13. The van der Waals surface area contributed by atoms with Gasteiger partial charge in [-0.05, 0) is 36.4 Å². The van der Waals surface area contributed by atoms with Crippen LogP contribution in [0.3, 0.4) is 0 Å². The number of hydrogen-bond donors (Lipinski definition) is 2. The van der Waals surface area contributed by atoms with E-state index in [4.69, 9.17) is 28.3 Å². The number of anilines is 1. The van der Waals surface area contributed by atoms with E-state index < -0.39 is 17.7 Å². The lowest BCUT2D eigenvalue weighted by atomic mass is 10.1. The molecule has 0 fully saturated rings. The first-order valence-electron chi connectivity index (χ1n) is 5.67. The van der Waals surface area contributed by atoms with E-state index in [1.807, 2.05) is 0 Å². The normalized spacial score (nSPS) is 10.2. The van der Waals surface area contributed by atoms with E-state index in [1.165, 1.54) is 24.3 Å². The molecule has 0 spiro atoms. The maximum atomic E-state index is 13.1. The van der Waals surface area contributed by atoms with Gasteiger partial charge in [0, 0.05) is 5.56 Å². The lowest BCUT2D eigenvalue weighted by molar-refractivity contribution is 0.0696. The Morgan fingerprint density at radius 3 is 1.95 bits per heavy atom. The van der Waals surface area contributed by atoms with Gasteiger partial charge < -0.3 is 10.4 Å². The van der Waals surface area contributed by atoms with Gasteiger partial charge >= 0.3 is 5.97 Å². The Labute approximate surface area is 129 Å². The molecule has 7 heteroatoms. The van der Waals surface area contributed by atoms with E-state index in [2.05, 4.69) is 5.32 Å². The van der Waals surface area contributed by atoms with Crippen LogP contribution >= 0.6 is 23.2 Å². The monoisotopic (exact) mass is 327 g/mol. The second kappa shape index (κ2) is 6.11. The molecule has 0 unspecified atom stereocenters. The molecule has 2 rings (SSSR count). The maximum absolute atomic E-state index is 13.1. The van der Waals surface area contributed by atoms with Crippen LogP contribution in [0.25, 0.3) is 0 Å². The van der Waals surface area contributed by atoms with Crippen LogP contribution in [0, 0.1) is 5.82 Å². The van der Waals surface area contributed by atoms with Crippen molar-refractivity contribution in [3.8, 4) is 0 Å². The Bertz CT molecular complexity index is 694. The van der Waals surface area contributed by atoms with Crippen LogP contribution in [0.5, 0.6) is 0 Å². The van der Waals surface area contributed by atoms with Gasteiger partial charge in [-0.3, -0.25) is 4.79 Å². The molecule has 1 amide bonds. The molecule has 0 heterocycles. The minimum atomic E-state index is -1.09. The lowest BCUT2D eigenvalue weighted by Crippen LogP contribution is -2.13. The van der Waals surface area contributed by atoms with Gasteiger partial charge in [0.15, 0.2) is 0 Å². The third kappa shape index (κ3) is 3.51. The number of halogens is 3. The third-order valence-corrected chi connectivity index (χ3v) is 3.24. The average molecular weight is 328 g/mol. The summed E-state index contributed by atoms with van der Waals surface area (Å²) < 4.78 is 13.1. The molecular weight excluding hydrogens is 320 g/mol. The highest BCUT2D eigenvalue weighted by atomic mass is 35.5. The van der Waals surface area contributed by atoms with Crippen molar-refractivity contribution in [1.29, 1.82) is 0 Å². The number of benzene rings is 2. The zero-order valence-electron chi connectivity index (χ0n) is 10.4. The first-order valence-corrected chi connectivity index (χ1v) is 6.43. The predicted octanol–water partition coefficient (Wildman–Crippen LogP) is 4.08. The standard InChI is InChI=1S/C14H8Cl2FNO3/c15-10-5-9(17)6-11(16)12(10)18-13(19)7-1-3-8(4-2-7)14(20)21/h1-6H,(H,18,19)(H,20,21). The number of nitrogens with one attached hydrogen (secondary N) is 1. The molecule has 0 aromatic heterocycles. The Balaban J connectivity index is 2.24. The molecule has 2 N–H and O–H groups in total. The first-order chi connectivity index (χ1) is 9.88. The van der Waals surface area contributed by atoms with Gasteiger partial charge in [-0.15, -0.1) is 0 Å². The minimum Gasteiger partial charge on any atom is -0.478 e. The fraction of sp³-hybridized carbons (Fsp3) is 0. The van der Waals surface area contributed by atoms with Crippen LogP contribution in [-0.4, -0.2) is 17.0 Å². The van der Waals surface area contributed by atoms with Crippen LogP contribution in [-0.2, 0) is 0 Å². The molecule has 0 saturated heterocycles. The summed E-state index contributed by atoms with van der Waals surface area (Å²) in [5.74, 6) is -2.25. The van der Waals surface area contributed by atoms with E-state index in [9.17, 15) is 14.0 Å². The van der Waals surface area contributed by atoms with Crippen LogP contribution in [0.4, 0.5) is 10.1 Å². The number of rotatable bonds is 3. The molecule has 2 aromatic rings. The zero-order valence-corrected chi connectivity index (χ0v) is 11.9. The highest BCUT2D eigenvalue weighted by Crippen LogP contribution is 2.31. The summed E-state index contributed by atoms with van der Waals surface area (Å²) in [4.78, 5) is 22.7. The van der Waals surface area contributed by atoms with E-state index >= 15 is 0 Å². The molecule has 0 aliphatic heterocycles. The fourth-order valence-electron chi connectivity index (χ4n) is 1.61. The van der Waals surface area contributed by atoms with E-state index in [1.54, 1.807) is 0 Å². The number of carbonyl (C=O) groups is 2. The second-order valence-electron chi connectivity index (χ2n) is 4.08. The molecule has 0 saturated carbocycles. The van der Waals surface area contributed by atoms with Gasteiger partial charge in [0.2, 0.25) is 0 Å². The molecule has 0 bridgehead atoms. The van der Waals surface area contributed by atoms with Crippen molar-refractivity contribution in [2.45, 2.75) is 0 Å². The molecule has 0 radical (unpaired) electrons. The molecule has 4 nitrogen and oxygen atoms in total. The Hall–Kier alpha value is -2.11. The average Bonchev–Trinajstić information content (AvgIpc) is 2.42. The number of amides is 1. The molecule has 2 aromatic carbocycles. The summed E-state index contributed by atoms with van der Waals surface area (Å²) >= 11 is 11.6. The van der Waals surface area contributed by atoms with Crippen molar-refractivity contribution in [1.82, 2.24) is 0 Å². The van der Waals surface area contributed by atoms with Crippen LogP contribution in [0.1, 0.15) is 20.7 Å². The number of aromatic carboxylic acids is 1. The zero-order chi connectivity index (χ0) is 15.6. The summed E-state index contributed by atoms with van der Waals surface area (Å²) in [5.41, 5.74) is 0.368. The lowest BCUT2D eigenvalue weighted by Gasteiger charge is -2.09. The molecule has 0 aliphatic rings. The van der Waals surface area contributed by atoms with E-state index in [0.717, 1.165) is 12.1 Å². The summed E-state index contributed by atoms with van der Waals surface area (Å²) in [6, 6.07) is 7.34. The minimum absolute atomic E-state index is 0.0319. The van der Waals surface area contributed by atoms with Crippen LogP contribution in [0.2, 0.25) is 10.0 Å². The van der Waals surface area contributed by atoms with Crippen LogP contribution in [0.15, 0.2) is 36.4 Å². The van der Waals surface area contributed by atoms with Gasteiger partial charge in [-0.25, -0.2) is 9.18 Å². The molecule has 21 heavy (non-hydrogen) atoms. The fourth-order valence-corrected chi connectivity index (χ4v) is 2.17. The topological polar surface area (TPSA) is 66.4 Å². The molecular formula is C14H8Cl2FNO3. The summed E-state index contributed by atoms with van der Waals surface area (Å²) in [5, 5.41) is 11.2. The number of carbonyl (C=O) groups excluding carboxylic acids is 1.